The van der Waals surface area contributed by atoms with Crippen molar-refractivity contribution in [3.8, 4) is 0 Å². The quantitative estimate of drug-likeness (QED) is 0.885. The molecule has 0 aliphatic rings. The molecule has 6 heteroatoms. The third-order valence-corrected chi connectivity index (χ3v) is 3.54. The highest BCUT2D eigenvalue weighted by Crippen LogP contribution is 2.19. The molecule has 1 aromatic heterocycles. The monoisotopic (exact) mass is 331 g/mol. The van der Waals surface area contributed by atoms with Crippen LogP contribution in [0.5, 0.6) is 0 Å². The van der Waals surface area contributed by atoms with Gasteiger partial charge in [-0.3, -0.25) is 14.6 Å². The summed E-state index contributed by atoms with van der Waals surface area (Å²) >= 11 is 5.95. The van der Waals surface area contributed by atoms with E-state index in [2.05, 4.69) is 10.3 Å². The molecule has 23 heavy (non-hydrogen) atoms. The number of aromatic nitrogens is 1. The van der Waals surface area contributed by atoms with Crippen LogP contribution in [0.15, 0.2) is 48.8 Å². The summed E-state index contributed by atoms with van der Waals surface area (Å²) in [4.78, 5) is 29.2. The lowest BCUT2D eigenvalue weighted by atomic mass is 10.2. The Kier molecular flexibility index (Phi) is 6.11. The van der Waals surface area contributed by atoms with Crippen LogP contribution in [0.25, 0.3) is 0 Å². The van der Waals surface area contributed by atoms with Crippen LogP contribution in [0.2, 0.25) is 5.02 Å². The number of anilines is 1. The lowest BCUT2D eigenvalue weighted by Gasteiger charge is -2.21. The molecule has 0 spiro atoms. The Morgan fingerprint density at radius 1 is 1.22 bits per heavy atom. The molecule has 0 saturated heterocycles. The van der Waals surface area contributed by atoms with Crippen molar-refractivity contribution in [2.75, 3.05) is 11.4 Å². The van der Waals surface area contributed by atoms with Crippen LogP contribution >= 0.6 is 11.6 Å². The van der Waals surface area contributed by atoms with Gasteiger partial charge in [0, 0.05) is 49.5 Å². The summed E-state index contributed by atoms with van der Waals surface area (Å²) in [5, 5.41) is 3.38. The van der Waals surface area contributed by atoms with Gasteiger partial charge in [0.25, 0.3) is 0 Å². The van der Waals surface area contributed by atoms with Crippen molar-refractivity contribution in [1.82, 2.24) is 10.3 Å². The fraction of sp³-hybridized carbons (Fsp3) is 0.235. The van der Waals surface area contributed by atoms with Crippen molar-refractivity contribution >= 4 is 29.1 Å². The Morgan fingerprint density at radius 3 is 2.61 bits per heavy atom. The average Bonchev–Trinajstić information content (AvgIpc) is 2.54. The van der Waals surface area contributed by atoms with E-state index < -0.39 is 0 Å². The van der Waals surface area contributed by atoms with Crippen LogP contribution in [0.1, 0.15) is 18.9 Å². The first-order chi connectivity index (χ1) is 11.1. The average molecular weight is 332 g/mol. The van der Waals surface area contributed by atoms with Crippen LogP contribution in [0.4, 0.5) is 5.69 Å². The van der Waals surface area contributed by atoms with Crippen LogP contribution in [0.3, 0.4) is 0 Å². The first kappa shape index (κ1) is 17.0. The normalized spacial score (nSPS) is 10.2. The van der Waals surface area contributed by atoms with Crippen molar-refractivity contribution in [3.63, 3.8) is 0 Å². The zero-order valence-corrected chi connectivity index (χ0v) is 13.6. The largest absolute Gasteiger partial charge is 0.352 e. The summed E-state index contributed by atoms with van der Waals surface area (Å²) in [5.74, 6) is -0.246. The number of carbonyl (C=O) groups excluding carboxylic acids is 2. The number of nitrogens with zero attached hydrogens (tertiary/aromatic N) is 2. The molecule has 2 aromatic rings. The van der Waals surface area contributed by atoms with E-state index in [-0.39, 0.29) is 18.2 Å². The molecule has 0 bridgehead atoms. The van der Waals surface area contributed by atoms with Gasteiger partial charge in [-0.25, -0.2) is 0 Å². The van der Waals surface area contributed by atoms with Crippen molar-refractivity contribution in [1.29, 1.82) is 0 Å². The maximum absolute atomic E-state index is 12.0. The smallest absolute Gasteiger partial charge is 0.223 e. The summed E-state index contributed by atoms with van der Waals surface area (Å²) in [6, 6.07) is 10.7. The fourth-order valence-corrected chi connectivity index (χ4v) is 2.30. The van der Waals surface area contributed by atoms with E-state index in [1.165, 1.54) is 11.8 Å². The van der Waals surface area contributed by atoms with Gasteiger partial charge in [0.1, 0.15) is 0 Å². The van der Waals surface area contributed by atoms with Crippen LogP contribution in [-0.2, 0) is 16.1 Å². The van der Waals surface area contributed by atoms with Gasteiger partial charge in [0.15, 0.2) is 0 Å². The van der Waals surface area contributed by atoms with Gasteiger partial charge >= 0.3 is 0 Å². The molecule has 0 saturated carbocycles. The van der Waals surface area contributed by atoms with Crippen LogP contribution in [-0.4, -0.2) is 23.3 Å². The summed E-state index contributed by atoms with van der Waals surface area (Å²) < 4.78 is 0. The van der Waals surface area contributed by atoms with Crippen LogP contribution in [0, 0.1) is 0 Å². The molecular formula is C17H18ClN3O2. The standard InChI is InChI=1S/C17H18ClN3O2/c1-13(22)21(16-4-2-3-15(18)11-16)10-7-17(23)20-12-14-5-8-19-9-6-14/h2-6,8-9,11H,7,10,12H2,1H3,(H,20,23). The number of rotatable bonds is 6. The van der Waals surface area contributed by atoms with E-state index in [1.807, 2.05) is 12.1 Å². The topological polar surface area (TPSA) is 62.3 Å². The third-order valence-electron chi connectivity index (χ3n) is 3.30. The van der Waals surface area contributed by atoms with Crippen molar-refractivity contribution in [2.24, 2.45) is 0 Å². The minimum absolute atomic E-state index is 0.116. The van der Waals surface area contributed by atoms with Gasteiger partial charge < -0.3 is 10.2 Å². The van der Waals surface area contributed by atoms with Gasteiger partial charge in [-0.15, -0.1) is 0 Å². The van der Waals surface area contributed by atoms with Crippen molar-refractivity contribution in [3.05, 3.63) is 59.4 Å². The second-order valence-electron chi connectivity index (χ2n) is 5.03. The first-order valence-corrected chi connectivity index (χ1v) is 7.63. The number of nitrogens with one attached hydrogen (secondary N) is 1. The summed E-state index contributed by atoms with van der Waals surface area (Å²) in [6.45, 7) is 2.21. The minimum Gasteiger partial charge on any atom is -0.352 e. The number of carbonyl (C=O) groups is 2. The zero-order valence-electron chi connectivity index (χ0n) is 12.8. The lowest BCUT2D eigenvalue weighted by Crippen LogP contribution is -2.33. The Balaban J connectivity index is 1.89. The molecule has 0 atom stereocenters. The van der Waals surface area contributed by atoms with Crippen molar-refractivity contribution < 1.29 is 9.59 Å². The highest BCUT2D eigenvalue weighted by Gasteiger charge is 2.13. The molecule has 120 valence electrons. The van der Waals surface area contributed by atoms with Gasteiger partial charge in [-0.1, -0.05) is 17.7 Å². The molecule has 5 nitrogen and oxygen atoms in total. The molecule has 2 amide bonds. The van der Waals surface area contributed by atoms with E-state index in [4.69, 9.17) is 11.6 Å². The summed E-state index contributed by atoms with van der Waals surface area (Å²) in [6.07, 6.45) is 3.58. The third kappa shape index (κ3) is 5.38. The number of hydrogen-bond donors (Lipinski definition) is 1. The predicted molar refractivity (Wildman–Crippen MR) is 90.2 cm³/mol. The summed E-state index contributed by atoms with van der Waals surface area (Å²) in [7, 11) is 0. The SMILES string of the molecule is CC(=O)N(CCC(=O)NCc1ccncc1)c1cccc(Cl)c1. The number of pyridine rings is 1. The Morgan fingerprint density at radius 2 is 1.96 bits per heavy atom. The maximum atomic E-state index is 12.0. The second-order valence-corrected chi connectivity index (χ2v) is 5.47. The zero-order chi connectivity index (χ0) is 16.7. The van der Waals surface area contributed by atoms with E-state index in [0.29, 0.717) is 23.8 Å². The summed E-state index contributed by atoms with van der Waals surface area (Å²) in [5.41, 5.74) is 1.67. The van der Waals surface area contributed by atoms with Crippen molar-refractivity contribution in [2.45, 2.75) is 19.9 Å². The molecule has 0 unspecified atom stereocenters. The molecule has 2 rings (SSSR count). The number of amides is 2. The highest BCUT2D eigenvalue weighted by molar-refractivity contribution is 6.30. The molecule has 1 heterocycles. The Bertz CT molecular complexity index is 677. The molecule has 0 aliphatic heterocycles. The second kappa shape index (κ2) is 8.29. The van der Waals surface area contributed by atoms with E-state index in [1.54, 1.807) is 36.7 Å². The predicted octanol–water partition coefficient (Wildman–Crippen LogP) is 2.79. The van der Waals surface area contributed by atoms with E-state index in [0.717, 1.165) is 5.56 Å². The van der Waals surface area contributed by atoms with Gasteiger partial charge in [0.2, 0.25) is 11.8 Å². The molecular weight excluding hydrogens is 314 g/mol. The van der Waals surface area contributed by atoms with E-state index >= 15 is 0 Å². The number of benzene rings is 1. The Hall–Kier alpha value is -2.40. The number of hydrogen-bond acceptors (Lipinski definition) is 3. The van der Waals surface area contributed by atoms with E-state index in [9.17, 15) is 9.59 Å². The highest BCUT2D eigenvalue weighted by atomic mass is 35.5. The molecule has 0 aliphatic carbocycles. The minimum atomic E-state index is -0.130. The lowest BCUT2D eigenvalue weighted by molar-refractivity contribution is -0.121. The van der Waals surface area contributed by atoms with Gasteiger partial charge in [-0.05, 0) is 35.9 Å². The van der Waals surface area contributed by atoms with Gasteiger partial charge in [-0.2, -0.15) is 0 Å². The molecule has 0 radical (unpaired) electrons. The maximum Gasteiger partial charge on any atom is 0.223 e. The number of halogens is 1. The first-order valence-electron chi connectivity index (χ1n) is 7.25. The molecule has 1 aromatic carbocycles. The Labute approximate surface area is 140 Å². The molecule has 0 fully saturated rings. The fourth-order valence-electron chi connectivity index (χ4n) is 2.12. The molecule has 1 N–H and O–H groups in total. The van der Waals surface area contributed by atoms with Gasteiger partial charge in [0.05, 0.1) is 0 Å². The van der Waals surface area contributed by atoms with Crippen LogP contribution < -0.4 is 10.2 Å².